The van der Waals surface area contributed by atoms with Gasteiger partial charge in [-0.1, -0.05) is 12.1 Å². The van der Waals surface area contributed by atoms with E-state index in [0.29, 0.717) is 49.9 Å². The molecule has 5 fully saturated rings. The fourth-order valence-electron chi connectivity index (χ4n) is 7.00. The van der Waals surface area contributed by atoms with Crippen molar-refractivity contribution in [1.82, 2.24) is 10.6 Å². The van der Waals surface area contributed by atoms with Gasteiger partial charge in [0.2, 0.25) is 11.8 Å². The molecule has 5 aliphatic rings. The maximum absolute atomic E-state index is 13.2. The van der Waals surface area contributed by atoms with Gasteiger partial charge in [-0.25, -0.2) is 4.39 Å². The summed E-state index contributed by atoms with van der Waals surface area (Å²) in [5.41, 5.74) is 0.0320. The molecule has 1 aromatic rings. The first-order chi connectivity index (χ1) is 14.3. The van der Waals surface area contributed by atoms with Crippen LogP contribution in [0.1, 0.15) is 63.4 Å². The van der Waals surface area contributed by atoms with E-state index >= 15 is 0 Å². The maximum atomic E-state index is 13.2. The van der Waals surface area contributed by atoms with E-state index in [0.717, 1.165) is 37.7 Å². The molecule has 2 amide bonds. The van der Waals surface area contributed by atoms with Crippen molar-refractivity contribution < 1.29 is 19.1 Å². The average molecular weight is 415 g/mol. The molecule has 1 saturated heterocycles. The largest absolute Gasteiger partial charge is 0.390 e. The van der Waals surface area contributed by atoms with Gasteiger partial charge in [-0.05, 0) is 86.8 Å². The lowest BCUT2D eigenvalue weighted by Gasteiger charge is -2.58. The Hall–Kier alpha value is -1.95. The van der Waals surface area contributed by atoms with E-state index in [9.17, 15) is 19.1 Å². The van der Waals surface area contributed by atoms with E-state index in [1.54, 1.807) is 12.1 Å². The van der Waals surface area contributed by atoms with E-state index in [4.69, 9.17) is 0 Å². The molecular weight excluding hydrogens is 383 g/mol. The van der Waals surface area contributed by atoms with E-state index in [1.807, 2.05) is 0 Å². The van der Waals surface area contributed by atoms with Crippen molar-refractivity contribution >= 4 is 11.8 Å². The van der Waals surface area contributed by atoms with Gasteiger partial charge in [-0.3, -0.25) is 9.59 Å². The standard InChI is InChI=1S/C24H31FN2O3/c25-19-3-1-15(2-4-19)11-23(8-6-21(29)27-23)7-5-20(28)26-22-17-9-16-10-18(22)14-24(30,12-16)13-17/h1-4,16-18,22,30H,5-14H2,(H,26,28)(H,27,29)/t16?,17-,18-,22?,23+,24?/m0/s1. The van der Waals surface area contributed by atoms with Crippen LogP contribution in [0.15, 0.2) is 24.3 Å². The molecule has 3 atom stereocenters. The van der Waals surface area contributed by atoms with Gasteiger partial charge in [-0.15, -0.1) is 0 Å². The van der Waals surface area contributed by atoms with E-state index in [2.05, 4.69) is 10.6 Å². The molecule has 1 aromatic carbocycles. The minimum absolute atomic E-state index is 0.0202. The summed E-state index contributed by atoms with van der Waals surface area (Å²) in [6.45, 7) is 0. The second-order valence-electron chi connectivity index (χ2n) is 10.4. The Morgan fingerprint density at radius 1 is 1.17 bits per heavy atom. The summed E-state index contributed by atoms with van der Waals surface area (Å²) in [5, 5.41) is 17.1. The highest BCUT2D eigenvalue weighted by molar-refractivity contribution is 5.80. The fraction of sp³-hybridized carbons (Fsp3) is 0.667. The molecule has 0 unspecified atom stereocenters. The van der Waals surface area contributed by atoms with Crippen molar-refractivity contribution in [3.8, 4) is 0 Å². The Labute approximate surface area is 176 Å². The maximum Gasteiger partial charge on any atom is 0.220 e. The molecule has 1 heterocycles. The first-order valence-electron chi connectivity index (χ1n) is 11.4. The lowest BCUT2D eigenvalue weighted by Crippen LogP contribution is -2.61. The molecule has 0 spiro atoms. The minimum Gasteiger partial charge on any atom is -0.390 e. The second kappa shape index (κ2) is 7.33. The minimum atomic E-state index is -0.495. The van der Waals surface area contributed by atoms with Gasteiger partial charge in [0.15, 0.2) is 0 Å². The molecule has 4 aliphatic carbocycles. The monoisotopic (exact) mass is 414 g/mol. The van der Waals surface area contributed by atoms with Crippen LogP contribution in [0.2, 0.25) is 0 Å². The van der Waals surface area contributed by atoms with Gasteiger partial charge in [-0.2, -0.15) is 0 Å². The SMILES string of the molecule is O=C(CC[C@]1(Cc2ccc(F)cc2)CCC(=O)N1)NC1[C@H]2CC3C[C@H]1CC(O)(C3)C2. The summed E-state index contributed by atoms with van der Waals surface area (Å²) in [6.07, 6.45) is 7.52. The van der Waals surface area contributed by atoms with E-state index < -0.39 is 11.1 Å². The van der Waals surface area contributed by atoms with Gasteiger partial charge in [0, 0.05) is 24.4 Å². The van der Waals surface area contributed by atoms with Crippen LogP contribution in [-0.2, 0) is 16.0 Å². The van der Waals surface area contributed by atoms with Crippen LogP contribution < -0.4 is 10.6 Å². The lowest BCUT2D eigenvalue weighted by atomic mass is 9.52. The van der Waals surface area contributed by atoms with Gasteiger partial charge in [0.25, 0.3) is 0 Å². The molecule has 5 nitrogen and oxygen atoms in total. The number of carbonyl (C=O) groups excluding carboxylic acids is 2. The first-order valence-corrected chi connectivity index (χ1v) is 11.4. The second-order valence-corrected chi connectivity index (χ2v) is 10.4. The quantitative estimate of drug-likeness (QED) is 0.670. The number of nitrogens with one attached hydrogen (secondary N) is 2. The molecular formula is C24H31FN2O3. The average Bonchev–Trinajstić information content (AvgIpc) is 3.04. The third-order valence-corrected chi connectivity index (χ3v) is 8.09. The summed E-state index contributed by atoms with van der Waals surface area (Å²) in [6, 6.07) is 6.56. The van der Waals surface area contributed by atoms with Crippen molar-refractivity contribution in [1.29, 1.82) is 0 Å². The zero-order chi connectivity index (χ0) is 20.9. The molecule has 6 heteroatoms. The highest BCUT2D eigenvalue weighted by Gasteiger charge is 2.55. The topological polar surface area (TPSA) is 78.4 Å². The number of rotatable bonds is 6. The number of halogens is 1. The van der Waals surface area contributed by atoms with Crippen LogP contribution in [0.3, 0.4) is 0 Å². The van der Waals surface area contributed by atoms with Crippen LogP contribution in [0.5, 0.6) is 0 Å². The summed E-state index contributed by atoms with van der Waals surface area (Å²) in [7, 11) is 0. The molecule has 1 aliphatic heterocycles. The van der Waals surface area contributed by atoms with Crippen LogP contribution >= 0.6 is 0 Å². The van der Waals surface area contributed by atoms with Crippen molar-refractivity contribution in [2.75, 3.05) is 0 Å². The number of carbonyl (C=O) groups is 2. The Balaban J connectivity index is 1.21. The third kappa shape index (κ3) is 3.86. The fourth-order valence-corrected chi connectivity index (χ4v) is 7.00. The molecule has 0 aromatic heterocycles. The molecule has 4 bridgehead atoms. The highest BCUT2D eigenvalue weighted by Crippen LogP contribution is 2.55. The molecule has 3 N–H and O–H groups in total. The van der Waals surface area contributed by atoms with Crippen LogP contribution in [0.4, 0.5) is 4.39 Å². The summed E-state index contributed by atoms with van der Waals surface area (Å²) >= 11 is 0. The van der Waals surface area contributed by atoms with Gasteiger partial charge in [0.1, 0.15) is 5.82 Å². The Kier molecular flexibility index (Phi) is 4.88. The summed E-state index contributed by atoms with van der Waals surface area (Å²) < 4.78 is 13.2. The summed E-state index contributed by atoms with van der Waals surface area (Å²) in [4.78, 5) is 24.8. The number of benzene rings is 1. The van der Waals surface area contributed by atoms with E-state index in [1.165, 1.54) is 12.1 Å². The number of amides is 2. The number of hydrogen-bond donors (Lipinski definition) is 3. The smallest absolute Gasteiger partial charge is 0.220 e. The normalized spacial score (nSPS) is 39.2. The molecule has 162 valence electrons. The van der Waals surface area contributed by atoms with Gasteiger partial charge < -0.3 is 15.7 Å². The highest BCUT2D eigenvalue weighted by atomic mass is 19.1. The molecule has 6 rings (SSSR count). The predicted octanol–water partition coefficient (Wildman–Crippen LogP) is 2.85. The Morgan fingerprint density at radius 2 is 1.87 bits per heavy atom. The first kappa shape index (κ1) is 20.0. The number of aliphatic hydroxyl groups is 1. The van der Waals surface area contributed by atoms with Gasteiger partial charge >= 0.3 is 0 Å². The van der Waals surface area contributed by atoms with Gasteiger partial charge in [0.05, 0.1) is 5.60 Å². The van der Waals surface area contributed by atoms with E-state index in [-0.39, 0.29) is 23.7 Å². The third-order valence-electron chi connectivity index (χ3n) is 8.09. The van der Waals surface area contributed by atoms with Crippen molar-refractivity contribution in [3.63, 3.8) is 0 Å². The predicted molar refractivity (Wildman–Crippen MR) is 110 cm³/mol. The Bertz CT molecular complexity index is 825. The van der Waals surface area contributed by atoms with Crippen LogP contribution in [-0.4, -0.2) is 34.1 Å². The number of hydrogen-bond acceptors (Lipinski definition) is 3. The van der Waals surface area contributed by atoms with Crippen molar-refractivity contribution in [2.24, 2.45) is 17.8 Å². The van der Waals surface area contributed by atoms with Crippen LogP contribution in [0, 0.1) is 23.6 Å². The molecule has 4 saturated carbocycles. The lowest BCUT2D eigenvalue weighted by molar-refractivity contribution is -0.146. The summed E-state index contributed by atoms with van der Waals surface area (Å²) in [5.74, 6) is 1.19. The van der Waals surface area contributed by atoms with Crippen molar-refractivity contribution in [2.45, 2.75) is 81.4 Å². The van der Waals surface area contributed by atoms with Crippen LogP contribution in [0.25, 0.3) is 0 Å². The zero-order valence-electron chi connectivity index (χ0n) is 17.3. The Morgan fingerprint density at radius 3 is 2.47 bits per heavy atom. The van der Waals surface area contributed by atoms with Crippen molar-refractivity contribution in [3.05, 3.63) is 35.6 Å². The molecule has 30 heavy (non-hydrogen) atoms. The zero-order valence-corrected chi connectivity index (χ0v) is 17.3. The molecule has 0 radical (unpaired) electrons.